The fourth-order valence-electron chi connectivity index (χ4n) is 3.88. The molecule has 132 valence electrons. The monoisotopic (exact) mass is 326 g/mol. The zero-order valence-corrected chi connectivity index (χ0v) is 14.5. The van der Waals surface area contributed by atoms with E-state index in [1.165, 1.54) is 0 Å². The van der Waals surface area contributed by atoms with Crippen LogP contribution < -0.4 is 10.6 Å². The van der Waals surface area contributed by atoms with Crippen molar-refractivity contribution in [1.29, 1.82) is 0 Å². The van der Waals surface area contributed by atoms with Crippen LogP contribution in [0.5, 0.6) is 0 Å². The van der Waals surface area contributed by atoms with Crippen molar-refractivity contribution in [2.75, 3.05) is 19.8 Å². The summed E-state index contributed by atoms with van der Waals surface area (Å²) in [5.74, 6) is 0.397. The maximum Gasteiger partial charge on any atom is 0.407 e. The zero-order chi connectivity index (χ0) is 16.4. The second kappa shape index (κ2) is 6.95. The second-order valence-corrected chi connectivity index (χ2v) is 7.89. The van der Waals surface area contributed by atoms with Crippen LogP contribution in [0.2, 0.25) is 0 Å². The summed E-state index contributed by atoms with van der Waals surface area (Å²) in [6, 6.07) is 0.720. The van der Waals surface area contributed by atoms with Crippen LogP contribution >= 0.6 is 0 Å². The highest BCUT2D eigenvalue weighted by atomic mass is 16.6. The van der Waals surface area contributed by atoms with Gasteiger partial charge in [-0.2, -0.15) is 0 Å². The van der Waals surface area contributed by atoms with E-state index >= 15 is 0 Å². The van der Waals surface area contributed by atoms with Gasteiger partial charge >= 0.3 is 6.09 Å². The van der Waals surface area contributed by atoms with E-state index in [2.05, 4.69) is 10.6 Å². The van der Waals surface area contributed by atoms with Gasteiger partial charge in [-0.1, -0.05) is 0 Å². The lowest BCUT2D eigenvalue weighted by Crippen LogP contribution is -2.74. The Morgan fingerprint density at radius 3 is 2.52 bits per heavy atom. The summed E-state index contributed by atoms with van der Waals surface area (Å²) < 4.78 is 16.8. The first-order valence-electron chi connectivity index (χ1n) is 8.89. The minimum Gasteiger partial charge on any atom is -0.444 e. The molecule has 0 aromatic carbocycles. The average Bonchev–Trinajstić information content (AvgIpc) is 2.50. The van der Waals surface area contributed by atoms with Crippen molar-refractivity contribution in [2.45, 2.75) is 76.3 Å². The lowest BCUT2D eigenvalue weighted by Gasteiger charge is -2.55. The largest absolute Gasteiger partial charge is 0.444 e. The molecule has 4 atom stereocenters. The van der Waals surface area contributed by atoms with Gasteiger partial charge in [0.1, 0.15) is 5.60 Å². The van der Waals surface area contributed by atoms with Crippen LogP contribution in [0, 0.1) is 5.92 Å². The second-order valence-electron chi connectivity index (χ2n) is 7.89. The van der Waals surface area contributed by atoms with Gasteiger partial charge in [0.05, 0.1) is 18.2 Å². The van der Waals surface area contributed by atoms with E-state index in [9.17, 15) is 4.79 Å². The molecular weight excluding hydrogens is 296 g/mol. The van der Waals surface area contributed by atoms with E-state index in [0.29, 0.717) is 12.0 Å². The molecule has 0 spiro atoms. The number of amides is 1. The lowest BCUT2D eigenvalue weighted by atomic mass is 9.68. The first-order chi connectivity index (χ1) is 10.9. The highest BCUT2D eigenvalue weighted by Gasteiger charge is 2.53. The predicted molar refractivity (Wildman–Crippen MR) is 86.4 cm³/mol. The normalized spacial score (nSPS) is 35.1. The Hall–Kier alpha value is -0.850. The molecule has 1 amide bonds. The molecular formula is C17H30N2O4. The van der Waals surface area contributed by atoms with E-state index in [4.69, 9.17) is 14.2 Å². The number of ether oxygens (including phenoxy) is 3. The SMILES string of the molecule is CC(C)(C)OC(=O)NC1C2CCCOC2C1NC1CCOCC1. The summed E-state index contributed by atoms with van der Waals surface area (Å²) in [5, 5.41) is 6.77. The van der Waals surface area contributed by atoms with Crippen molar-refractivity contribution >= 4 is 6.09 Å². The number of hydrogen-bond donors (Lipinski definition) is 2. The summed E-state index contributed by atoms with van der Waals surface area (Å²) in [6.07, 6.45) is 4.10. The smallest absolute Gasteiger partial charge is 0.407 e. The number of fused-ring (bicyclic) bond motifs is 1. The standard InChI is InChI=1S/C17H30N2O4/c1-17(2,3)23-16(20)19-13-12-5-4-8-22-15(12)14(13)18-11-6-9-21-10-7-11/h11-15,18H,4-10H2,1-3H3,(H,19,20). The molecule has 0 bridgehead atoms. The Kier molecular flexibility index (Phi) is 5.13. The number of carbonyl (C=O) groups is 1. The summed E-state index contributed by atoms with van der Waals surface area (Å²) in [6.45, 7) is 8.10. The van der Waals surface area contributed by atoms with Crippen LogP contribution in [0.4, 0.5) is 4.79 Å². The third kappa shape index (κ3) is 4.17. The zero-order valence-electron chi connectivity index (χ0n) is 14.5. The fraction of sp³-hybridized carbons (Fsp3) is 0.941. The summed E-state index contributed by atoms with van der Waals surface area (Å²) >= 11 is 0. The van der Waals surface area contributed by atoms with Crippen LogP contribution in [0.3, 0.4) is 0 Å². The van der Waals surface area contributed by atoms with Gasteiger partial charge in [-0.3, -0.25) is 0 Å². The van der Waals surface area contributed by atoms with Crippen molar-refractivity contribution in [1.82, 2.24) is 10.6 Å². The molecule has 1 saturated carbocycles. The maximum absolute atomic E-state index is 12.2. The summed E-state index contributed by atoms with van der Waals surface area (Å²) in [7, 11) is 0. The van der Waals surface area contributed by atoms with Crippen molar-refractivity contribution in [3.8, 4) is 0 Å². The summed E-state index contributed by atoms with van der Waals surface area (Å²) in [4.78, 5) is 12.2. The third-order valence-corrected chi connectivity index (χ3v) is 4.95. The molecule has 6 heteroatoms. The molecule has 0 aromatic heterocycles. The topological polar surface area (TPSA) is 68.8 Å². The molecule has 0 radical (unpaired) electrons. The van der Waals surface area contributed by atoms with Crippen LogP contribution in [0.25, 0.3) is 0 Å². The van der Waals surface area contributed by atoms with E-state index < -0.39 is 5.60 Å². The third-order valence-electron chi connectivity index (χ3n) is 4.95. The molecule has 3 rings (SSSR count). The molecule has 2 N–H and O–H groups in total. The molecule has 2 heterocycles. The molecule has 23 heavy (non-hydrogen) atoms. The quantitative estimate of drug-likeness (QED) is 0.828. The van der Waals surface area contributed by atoms with E-state index in [1.54, 1.807) is 0 Å². The maximum atomic E-state index is 12.2. The average molecular weight is 326 g/mol. The Morgan fingerprint density at radius 2 is 1.83 bits per heavy atom. The Labute approximate surface area is 138 Å². The van der Waals surface area contributed by atoms with E-state index in [0.717, 1.165) is 45.5 Å². The van der Waals surface area contributed by atoms with Crippen LogP contribution in [-0.4, -0.2) is 55.7 Å². The van der Waals surface area contributed by atoms with Gasteiger partial charge in [-0.25, -0.2) is 4.79 Å². The molecule has 2 saturated heterocycles. The van der Waals surface area contributed by atoms with Gasteiger partial charge in [0, 0.05) is 31.8 Å². The van der Waals surface area contributed by atoms with Gasteiger partial charge in [-0.15, -0.1) is 0 Å². The minimum absolute atomic E-state index is 0.0954. The van der Waals surface area contributed by atoms with Gasteiger partial charge in [-0.05, 0) is 46.5 Å². The fourth-order valence-corrected chi connectivity index (χ4v) is 3.88. The Balaban J connectivity index is 1.59. The molecule has 2 aliphatic heterocycles. The predicted octanol–water partition coefficient (Wildman–Crippen LogP) is 1.83. The molecule has 1 aliphatic carbocycles. The van der Waals surface area contributed by atoms with Crippen LogP contribution in [0.15, 0.2) is 0 Å². The van der Waals surface area contributed by atoms with Gasteiger partial charge in [0.25, 0.3) is 0 Å². The first kappa shape index (κ1) is 17.0. The molecule has 4 unspecified atom stereocenters. The highest BCUT2D eigenvalue weighted by Crippen LogP contribution is 2.39. The van der Waals surface area contributed by atoms with E-state index in [-0.39, 0.29) is 24.3 Å². The first-order valence-corrected chi connectivity index (χ1v) is 8.89. The Bertz CT molecular complexity index is 417. The summed E-state index contributed by atoms with van der Waals surface area (Å²) in [5.41, 5.74) is -0.472. The molecule has 0 aromatic rings. The van der Waals surface area contributed by atoms with Crippen molar-refractivity contribution in [3.63, 3.8) is 0 Å². The van der Waals surface area contributed by atoms with E-state index in [1.807, 2.05) is 20.8 Å². The number of hydrogen-bond acceptors (Lipinski definition) is 5. The van der Waals surface area contributed by atoms with Crippen molar-refractivity contribution < 1.29 is 19.0 Å². The molecule has 3 aliphatic rings. The lowest BCUT2D eigenvalue weighted by molar-refractivity contribution is -0.132. The van der Waals surface area contributed by atoms with Gasteiger partial charge in [0.15, 0.2) is 0 Å². The number of rotatable bonds is 3. The van der Waals surface area contributed by atoms with Crippen LogP contribution in [-0.2, 0) is 14.2 Å². The van der Waals surface area contributed by atoms with Gasteiger partial charge in [0.2, 0.25) is 0 Å². The number of alkyl carbamates (subject to hydrolysis) is 1. The molecule has 3 fully saturated rings. The Morgan fingerprint density at radius 1 is 1.09 bits per heavy atom. The number of nitrogens with one attached hydrogen (secondary N) is 2. The number of carbonyl (C=O) groups excluding carboxylic acids is 1. The van der Waals surface area contributed by atoms with Crippen molar-refractivity contribution in [2.24, 2.45) is 5.92 Å². The van der Waals surface area contributed by atoms with Crippen LogP contribution in [0.1, 0.15) is 46.5 Å². The highest BCUT2D eigenvalue weighted by molar-refractivity contribution is 5.68. The van der Waals surface area contributed by atoms with Gasteiger partial charge < -0.3 is 24.8 Å². The van der Waals surface area contributed by atoms with Crippen molar-refractivity contribution in [3.05, 3.63) is 0 Å². The molecule has 6 nitrogen and oxygen atoms in total. The minimum atomic E-state index is -0.472.